The number of carbonyl (C=O) groups excluding carboxylic acids is 1. The van der Waals surface area contributed by atoms with Gasteiger partial charge in [0.2, 0.25) is 11.8 Å². The number of aromatic nitrogens is 4. The van der Waals surface area contributed by atoms with Crippen molar-refractivity contribution in [3.8, 4) is 45.8 Å². The first kappa shape index (κ1) is 78.5. The summed E-state index contributed by atoms with van der Waals surface area (Å²) in [5.74, 6) is 2.52. The zero-order chi connectivity index (χ0) is 69.6. The zero-order valence-electron chi connectivity index (χ0n) is 57.7. The summed E-state index contributed by atoms with van der Waals surface area (Å²) in [5.41, 5.74) is 16.3. The van der Waals surface area contributed by atoms with Crippen LogP contribution in [0.2, 0.25) is 10.0 Å². The van der Waals surface area contributed by atoms with Crippen LogP contribution in [-0.4, -0.2) is 26.4 Å². The zero-order valence-corrected chi connectivity index (χ0v) is 66.0. The van der Waals surface area contributed by atoms with Gasteiger partial charge in [0.05, 0.1) is 44.2 Å². The van der Waals surface area contributed by atoms with Gasteiger partial charge < -0.3 is 41.1 Å². The van der Waals surface area contributed by atoms with Crippen LogP contribution in [0.5, 0.6) is 23.3 Å². The molecule has 0 bridgehead atoms. The van der Waals surface area contributed by atoms with E-state index in [1.165, 1.54) is 22.3 Å². The Hall–Kier alpha value is -8.64. The van der Waals surface area contributed by atoms with Crippen LogP contribution in [0.15, 0.2) is 352 Å². The number of nitrogens with zero attached hydrogens (tertiary/aromatic N) is 7. The van der Waals surface area contributed by atoms with Crippen molar-refractivity contribution < 1.29 is 129 Å². The van der Waals surface area contributed by atoms with Gasteiger partial charge in [0.1, 0.15) is 11.5 Å². The van der Waals surface area contributed by atoms with Gasteiger partial charge >= 0.3 is 103 Å². The molecular weight excluding hydrogens is 1440 g/mol. The number of alkyl halides is 1. The third kappa shape index (κ3) is 23.4. The second-order valence-electron chi connectivity index (χ2n) is 22.5. The van der Waals surface area contributed by atoms with E-state index >= 15 is 0 Å². The molecule has 502 valence electrons. The number of anilines is 8. The Bertz CT molecular complexity index is 4780. The normalized spacial score (nSPS) is 10.2. The third-order valence-electron chi connectivity index (χ3n) is 15.7. The van der Waals surface area contributed by atoms with E-state index in [4.69, 9.17) is 42.7 Å². The molecule has 0 amide bonds. The molecule has 1 N–H and O–H groups in total. The van der Waals surface area contributed by atoms with Gasteiger partial charge in [0, 0.05) is 95.8 Å². The second kappa shape index (κ2) is 42.2. The van der Waals surface area contributed by atoms with Gasteiger partial charge in [-0.05, 0) is 156 Å². The number of hydrogen-bond donors (Lipinski definition) is 1. The van der Waals surface area contributed by atoms with E-state index in [-0.39, 0.29) is 111 Å². The maximum absolute atomic E-state index is 8.64. The Morgan fingerprint density at radius 1 is 0.379 bits per heavy atom. The molecule has 0 spiro atoms. The molecule has 4 aromatic heterocycles. The summed E-state index contributed by atoms with van der Waals surface area (Å²) in [4.78, 5) is 35.5. The van der Waals surface area contributed by atoms with Crippen LogP contribution >= 0.6 is 39.1 Å². The van der Waals surface area contributed by atoms with Gasteiger partial charge in [-0.15, -0.1) is 0 Å². The molecule has 0 atom stereocenters. The van der Waals surface area contributed by atoms with Gasteiger partial charge in [0.15, 0.2) is 0 Å². The molecule has 4 heterocycles. The number of hydrogen-bond acceptors (Lipinski definition) is 13. The van der Waals surface area contributed by atoms with Crippen LogP contribution < -0.4 is 138 Å². The molecular formula is C85H69BrCl2K2N8O5. The Balaban J connectivity index is 0.000000223. The summed E-state index contributed by atoms with van der Waals surface area (Å²) in [6.45, 7) is 1.75. The van der Waals surface area contributed by atoms with Crippen molar-refractivity contribution in [1.29, 1.82) is 0 Å². The fourth-order valence-corrected chi connectivity index (χ4v) is 11.7. The number of ether oxygens (including phenoxy) is 2. The molecule has 0 aliphatic carbocycles. The molecule has 0 unspecified atom stereocenters. The predicted octanol–water partition coefficient (Wildman–Crippen LogP) is 16.1. The van der Waals surface area contributed by atoms with Crippen LogP contribution in [0.25, 0.3) is 22.5 Å². The second-order valence-corrected chi connectivity index (χ2v) is 23.8. The molecule has 18 heteroatoms. The molecule has 0 fully saturated rings. The average molecular weight is 1510 g/mol. The molecule has 0 saturated heterocycles. The van der Waals surface area contributed by atoms with Gasteiger partial charge in [0.25, 0.3) is 6.47 Å². The van der Waals surface area contributed by atoms with Crippen LogP contribution in [-0.2, 0) is 34.6 Å². The van der Waals surface area contributed by atoms with E-state index in [1.807, 2.05) is 176 Å². The van der Waals surface area contributed by atoms with Crippen molar-refractivity contribution in [1.82, 2.24) is 19.9 Å². The predicted molar refractivity (Wildman–Crippen MR) is 411 cm³/mol. The summed E-state index contributed by atoms with van der Waals surface area (Å²) >= 11 is 17.9. The first-order chi connectivity index (χ1) is 49.8. The quantitative estimate of drug-likeness (QED) is 0.0226. The van der Waals surface area contributed by atoms with Crippen molar-refractivity contribution in [3.63, 3.8) is 0 Å². The van der Waals surface area contributed by atoms with Crippen molar-refractivity contribution >= 4 is 91.1 Å². The van der Waals surface area contributed by atoms with Crippen LogP contribution in [0.3, 0.4) is 0 Å². The fourth-order valence-electron chi connectivity index (χ4n) is 10.8. The number of halogens is 3. The molecule has 14 rings (SSSR count). The third-order valence-corrected chi connectivity index (χ3v) is 17.1. The Morgan fingerprint density at radius 2 is 0.709 bits per heavy atom. The number of rotatable bonds is 22. The molecule has 103 heavy (non-hydrogen) atoms. The molecule has 13 nitrogen and oxygen atoms in total. The minimum atomic E-state index is -0.181. The van der Waals surface area contributed by atoms with Gasteiger partial charge in [-0.25, -0.2) is 9.97 Å². The van der Waals surface area contributed by atoms with Crippen LogP contribution in [0.1, 0.15) is 23.7 Å². The van der Waals surface area contributed by atoms with Gasteiger partial charge in [-0.2, -0.15) is 0 Å². The molecule has 0 aliphatic heterocycles. The number of benzene rings is 10. The van der Waals surface area contributed by atoms with E-state index in [2.05, 4.69) is 225 Å². The Kier molecular flexibility index (Phi) is 32.2. The van der Waals surface area contributed by atoms with E-state index in [1.54, 1.807) is 12.4 Å². The first-order valence-corrected chi connectivity index (χ1v) is 34.2. The molecule has 0 aliphatic rings. The maximum Gasteiger partial charge on any atom is 1.00 e. The summed E-state index contributed by atoms with van der Waals surface area (Å²) in [6, 6.07) is 110. The van der Waals surface area contributed by atoms with Gasteiger partial charge in [-0.1, -0.05) is 221 Å². The number of pyridine rings is 4. The molecule has 14 aromatic rings. The van der Waals surface area contributed by atoms with Gasteiger partial charge in [-0.3, -0.25) is 14.8 Å². The first-order valence-electron chi connectivity index (χ1n) is 32.3. The topological polar surface area (TPSA) is 141 Å². The molecule has 10 aromatic carbocycles. The van der Waals surface area contributed by atoms with E-state index in [0.717, 1.165) is 73.3 Å². The summed E-state index contributed by atoms with van der Waals surface area (Å²) in [7, 11) is 0. The molecule has 0 radical (unpaired) electrons. The van der Waals surface area contributed by atoms with E-state index < -0.39 is 0 Å². The largest absolute Gasteiger partial charge is 1.00 e. The van der Waals surface area contributed by atoms with Crippen molar-refractivity contribution in [2.75, 3.05) is 20.0 Å². The van der Waals surface area contributed by atoms with Crippen molar-refractivity contribution in [3.05, 3.63) is 385 Å². The van der Waals surface area contributed by atoms with E-state index in [9.17, 15) is 0 Å². The summed E-state index contributed by atoms with van der Waals surface area (Å²) in [5, 5.41) is 14.1. The minimum Gasteiger partial charge on any atom is -1.00 e. The maximum atomic E-state index is 8.64. The smallest absolute Gasteiger partial charge is 1.00 e. The summed E-state index contributed by atoms with van der Waals surface area (Å²) in [6.07, 6.45) is 7.05. The number of nitrogens with one attached hydrogen (secondary N) is 1. The van der Waals surface area contributed by atoms with Crippen LogP contribution in [0, 0.1) is 0 Å². The monoisotopic (exact) mass is 1510 g/mol. The van der Waals surface area contributed by atoms with Crippen molar-refractivity contribution in [2.24, 2.45) is 0 Å². The Morgan fingerprint density at radius 3 is 1.05 bits per heavy atom. The average Bonchev–Trinajstić information content (AvgIpc) is 0.785. The standard InChI is InChI=1S/C42H33ClN4O.C35H27ClN4O.C7H7Br.CH2O3.2K.H/c43-42-39(46(30-32-12-3-1-4-13-32)35-22-20-34(21-23-35)38-16-7-9-28-44-38)17-11-18-40(42)47(31-33-14-5-2-6-15-33)36-24-26-37(27-25-36)48-41-19-8-10-29-45-41;36-35-32(39-28-17-21-30(22-18-28)41-34-14-5-7-24-38-34)12-8-13-33(35)40(25-26-9-2-1-3-10-26)29-19-15-27(16-20-29)31-11-4-6-23-37-31;8-6-7-4-2-1-3-5-7;2-1-4-3;;;/h1-29H,30-31H2;1-24,39H,25H2;1-5H,6H2;1,3H;;;/q;;;;2*+1;-1/p-1. The minimum absolute atomic E-state index is 0. The van der Waals surface area contributed by atoms with Crippen LogP contribution in [0.4, 0.5) is 45.5 Å². The fraction of sp³-hybridized carbons (Fsp3) is 0.0471. The van der Waals surface area contributed by atoms with Crippen molar-refractivity contribution in [2.45, 2.75) is 25.0 Å². The Labute approximate surface area is 706 Å². The molecule has 0 saturated carbocycles. The van der Waals surface area contributed by atoms with E-state index in [0.29, 0.717) is 52.9 Å². The summed E-state index contributed by atoms with van der Waals surface area (Å²) < 4.78 is 11.8. The SMILES string of the molecule is BrCc1ccccc1.Clc1c(N(Cc2ccccc2)c2ccc(Oc3ccccn3)cc2)cccc1N(Cc1ccccc1)c1ccc(-c2ccccn2)cc1.Clc1c(Nc2ccc(Oc3ccccn3)cc2)cccc1N(Cc1ccccc1)c1ccc(-c2ccccn2)cc1.O=CO[O-].[H-].[K+].[K+]. The number of carbonyl (C=O) groups is 1.